The van der Waals surface area contributed by atoms with Crippen LogP contribution in [-0.2, 0) is 0 Å². The third-order valence-electron chi connectivity index (χ3n) is 3.80. The summed E-state index contributed by atoms with van der Waals surface area (Å²) in [6.45, 7) is 5.30. The maximum absolute atomic E-state index is 11.4. The molecule has 2 aromatic rings. The van der Waals surface area contributed by atoms with Gasteiger partial charge in [0.15, 0.2) is 5.82 Å². The molecule has 2 aromatic heterocycles. The number of carboxylic acids is 1. The zero-order valence-corrected chi connectivity index (χ0v) is 12.1. The highest BCUT2D eigenvalue weighted by molar-refractivity contribution is 6.04. The number of aromatic nitrogens is 3. The lowest BCUT2D eigenvalue weighted by atomic mass is 10.1. The molecule has 1 aliphatic heterocycles. The Kier molecular flexibility index (Phi) is 3.42. The number of aromatic carboxylic acids is 1. The van der Waals surface area contributed by atoms with Crippen molar-refractivity contribution in [3.05, 3.63) is 23.7 Å². The van der Waals surface area contributed by atoms with Gasteiger partial charge in [0.2, 0.25) is 0 Å². The monoisotopic (exact) mass is 287 g/mol. The van der Waals surface area contributed by atoms with Gasteiger partial charge in [-0.25, -0.2) is 14.8 Å². The first kappa shape index (κ1) is 13.7. The van der Waals surface area contributed by atoms with Crippen LogP contribution >= 0.6 is 0 Å². The van der Waals surface area contributed by atoms with Gasteiger partial charge in [0.1, 0.15) is 16.6 Å². The van der Waals surface area contributed by atoms with E-state index < -0.39 is 5.97 Å². The lowest BCUT2D eigenvalue weighted by Gasteiger charge is -2.33. The summed E-state index contributed by atoms with van der Waals surface area (Å²) in [6, 6.07) is 0. The molecule has 1 aliphatic rings. The Balaban J connectivity index is 2.16. The summed E-state index contributed by atoms with van der Waals surface area (Å²) < 4.78 is 0. The number of aryl methyl sites for hydroxylation is 1. The maximum atomic E-state index is 11.4. The summed E-state index contributed by atoms with van der Waals surface area (Å²) >= 11 is 0. The summed E-state index contributed by atoms with van der Waals surface area (Å²) in [7, 11) is 2.08. The van der Waals surface area contributed by atoms with Crippen molar-refractivity contribution < 1.29 is 9.90 Å². The van der Waals surface area contributed by atoms with Crippen LogP contribution in [0.4, 0.5) is 5.82 Å². The van der Waals surface area contributed by atoms with Crippen molar-refractivity contribution in [1.82, 2.24) is 19.9 Å². The highest BCUT2D eigenvalue weighted by Crippen LogP contribution is 2.27. The van der Waals surface area contributed by atoms with E-state index >= 15 is 0 Å². The normalized spacial score (nSPS) is 16.4. The summed E-state index contributed by atoms with van der Waals surface area (Å²) in [5, 5.41) is 9.37. The molecule has 0 aliphatic carbocycles. The zero-order valence-electron chi connectivity index (χ0n) is 12.1. The van der Waals surface area contributed by atoms with E-state index in [1.807, 2.05) is 0 Å². The molecule has 0 radical (unpaired) electrons. The molecule has 3 rings (SSSR count). The average Bonchev–Trinajstić information content (AvgIpc) is 2.47. The summed E-state index contributed by atoms with van der Waals surface area (Å²) in [5.41, 5.74) is 1.58. The van der Waals surface area contributed by atoms with Gasteiger partial charge >= 0.3 is 5.97 Å². The Morgan fingerprint density at radius 2 is 1.76 bits per heavy atom. The molecule has 0 amide bonds. The highest BCUT2D eigenvalue weighted by atomic mass is 16.4. The van der Waals surface area contributed by atoms with Crippen molar-refractivity contribution >= 4 is 22.8 Å². The minimum Gasteiger partial charge on any atom is -0.478 e. The molecular formula is C14H17N5O2. The van der Waals surface area contributed by atoms with E-state index in [0.717, 1.165) is 32.0 Å². The minimum atomic E-state index is -1.02. The van der Waals surface area contributed by atoms with Crippen LogP contribution in [0, 0.1) is 6.92 Å². The Bertz CT molecular complexity index is 695. The van der Waals surface area contributed by atoms with Crippen LogP contribution in [0.2, 0.25) is 0 Å². The van der Waals surface area contributed by atoms with Gasteiger partial charge in [-0.2, -0.15) is 0 Å². The van der Waals surface area contributed by atoms with Gasteiger partial charge in [0.05, 0.1) is 5.69 Å². The zero-order chi connectivity index (χ0) is 15.0. The SMILES string of the molecule is Cc1nc(N2CCN(C)CC2)c2nccnc2c1C(=O)O. The molecule has 1 N–H and O–H groups in total. The van der Waals surface area contributed by atoms with Crippen LogP contribution in [0.3, 0.4) is 0 Å². The molecule has 1 saturated heterocycles. The number of hydrogen-bond acceptors (Lipinski definition) is 6. The van der Waals surface area contributed by atoms with Gasteiger partial charge in [-0.3, -0.25) is 4.98 Å². The lowest BCUT2D eigenvalue weighted by molar-refractivity contribution is 0.0697. The van der Waals surface area contributed by atoms with Crippen molar-refractivity contribution in [3.8, 4) is 0 Å². The van der Waals surface area contributed by atoms with E-state index in [9.17, 15) is 9.90 Å². The molecule has 110 valence electrons. The van der Waals surface area contributed by atoms with Crippen LogP contribution in [0.1, 0.15) is 16.1 Å². The second-order valence-corrected chi connectivity index (χ2v) is 5.24. The number of nitrogens with zero attached hydrogens (tertiary/aromatic N) is 5. The number of fused-ring (bicyclic) bond motifs is 1. The van der Waals surface area contributed by atoms with Gasteiger partial charge in [0.25, 0.3) is 0 Å². The molecular weight excluding hydrogens is 270 g/mol. The number of carbonyl (C=O) groups is 1. The number of anilines is 1. The predicted molar refractivity (Wildman–Crippen MR) is 78.7 cm³/mol. The summed E-state index contributed by atoms with van der Waals surface area (Å²) in [4.78, 5) is 28.9. The smallest absolute Gasteiger partial charge is 0.339 e. The number of likely N-dealkylation sites (N-methyl/N-ethyl adjacent to an activating group) is 1. The molecule has 0 bridgehead atoms. The first-order chi connectivity index (χ1) is 10.1. The molecule has 0 spiro atoms. The molecule has 7 nitrogen and oxygen atoms in total. The lowest BCUT2D eigenvalue weighted by Crippen LogP contribution is -2.45. The number of rotatable bonds is 2. The van der Waals surface area contributed by atoms with Crippen LogP contribution in [0.25, 0.3) is 11.0 Å². The quantitative estimate of drug-likeness (QED) is 0.874. The van der Waals surface area contributed by atoms with Crippen LogP contribution < -0.4 is 4.90 Å². The van der Waals surface area contributed by atoms with E-state index in [2.05, 4.69) is 31.8 Å². The van der Waals surface area contributed by atoms with Gasteiger partial charge in [-0.1, -0.05) is 0 Å². The van der Waals surface area contributed by atoms with Crippen molar-refractivity contribution in [2.75, 3.05) is 38.1 Å². The number of hydrogen-bond donors (Lipinski definition) is 1. The third kappa shape index (κ3) is 2.40. The first-order valence-electron chi connectivity index (χ1n) is 6.86. The van der Waals surface area contributed by atoms with Gasteiger partial charge in [-0.05, 0) is 14.0 Å². The molecule has 0 unspecified atom stereocenters. The molecule has 7 heteroatoms. The fourth-order valence-corrected chi connectivity index (χ4v) is 2.62. The summed E-state index contributed by atoms with van der Waals surface area (Å²) in [5.74, 6) is -0.288. The number of pyridine rings is 1. The topological polar surface area (TPSA) is 82.5 Å². The van der Waals surface area contributed by atoms with Crippen molar-refractivity contribution in [1.29, 1.82) is 0 Å². The van der Waals surface area contributed by atoms with E-state index in [-0.39, 0.29) is 5.56 Å². The predicted octanol–water partition coefficient (Wildman–Crippen LogP) is 0.783. The van der Waals surface area contributed by atoms with E-state index in [1.165, 1.54) is 6.20 Å². The van der Waals surface area contributed by atoms with Crippen LogP contribution in [-0.4, -0.2) is 64.2 Å². The van der Waals surface area contributed by atoms with Crippen molar-refractivity contribution in [2.24, 2.45) is 0 Å². The fraction of sp³-hybridized carbons (Fsp3) is 0.429. The third-order valence-corrected chi connectivity index (χ3v) is 3.80. The Morgan fingerprint density at radius 1 is 1.14 bits per heavy atom. The molecule has 21 heavy (non-hydrogen) atoms. The van der Waals surface area contributed by atoms with E-state index in [1.54, 1.807) is 13.1 Å². The Labute approximate surface area is 122 Å². The second kappa shape index (κ2) is 5.25. The second-order valence-electron chi connectivity index (χ2n) is 5.24. The van der Waals surface area contributed by atoms with Crippen LogP contribution in [0.15, 0.2) is 12.4 Å². The van der Waals surface area contributed by atoms with Gasteiger partial charge < -0.3 is 14.9 Å². The maximum Gasteiger partial charge on any atom is 0.339 e. The van der Waals surface area contributed by atoms with E-state index in [4.69, 9.17) is 0 Å². The molecule has 0 saturated carbocycles. The molecule has 1 fully saturated rings. The Hall–Kier alpha value is -2.28. The first-order valence-corrected chi connectivity index (χ1v) is 6.86. The van der Waals surface area contributed by atoms with Crippen molar-refractivity contribution in [2.45, 2.75) is 6.92 Å². The largest absolute Gasteiger partial charge is 0.478 e. The van der Waals surface area contributed by atoms with Crippen molar-refractivity contribution in [3.63, 3.8) is 0 Å². The number of piperazine rings is 1. The number of carboxylic acid groups (broad SMARTS) is 1. The standard InChI is InChI=1S/C14H17N5O2/c1-9-10(14(20)21)11-12(16-4-3-15-11)13(17-9)19-7-5-18(2)6-8-19/h3-4H,5-8H2,1-2H3,(H,20,21). The molecule has 0 aromatic carbocycles. The molecule has 0 atom stereocenters. The van der Waals surface area contributed by atoms with Crippen LogP contribution in [0.5, 0.6) is 0 Å². The molecule has 3 heterocycles. The Morgan fingerprint density at radius 3 is 2.38 bits per heavy atom. The highest BCUT2D eigenvalue weighted by Gasteiger charge is 2.23. The van der Waals surface area contributed by atoms with Gasteiger partial charge in [0, 0.05) is 38.6 Å². The minimum absolute atomic E-state index is 0.135. The summed E-state index contributed by atoms with van der Waals surface area (Å²) in [6.07, 6.45) is 3.09. The fourth-order valence-electron chi connectivity index (χ4n) is 2.62. The van der Waals surface area contributed by atoms with Gasteiger partial charge in [-0.15, -0.1) is 0 Å². The average molecular weight is 287 g/mol. The van der Waals surface area contributed by atoms with E-state index in [0.29, 0.717) is 16.7 Å².